The molecule has 0 aliphatic heterocycles. The Balaban J connectivity index is 2.39. The van der Waals surface area contributed by atoms with Crippen LogP contribution in [0.2, 0.25) is 0 Å². The highest BCUT2D eigenvalue weighted by molar-refractivity contribution is 5.66. The van der Waals surface area contributed by atoms with Crippen LogP contribution in [0.5, 0.6) is 0 Å². The van der Waals surface area contributed by atoms with Crippen molar-refractivity contribution in [1.29, 1.82) is 0 Å². The predicted octanol–water partition coefficient (Wildman–Crippen LogP) is 4.34. The van der Waals surface area contributed by atoms with Crippen LogP contribution in [-0.2, 0) is 4.79 Å². The highest BCUT2D eigenvalue weighted by Crippen LogP contribution is 2.33. The van der Waals surface area contributed by atoms with Gasteiger partial charge >= 0.3 is 5.97 Å². The number of allylic oxidation sites excluding steroid dienone is 3. The molecule has 0 spiro atoms. The number of carboxylic acid groups (broad SMARTS) is 1. The normalized spacial score (nSPS) is 22.9. The van der Waals surface area contributed by atoms with Gasteiger partial charge in [0.25, 0.3) is 0 Å². The number of aliphatic carboxylic acids is 1. The molecule has 1 aliphatic rings. The average molecular weight is 248 g/mol. The van der Waals surface area contributed by atoms with E-state index in [4.69, 9.17) is 5.11 Å². The van der Waals surface area contributed by atoms with Gasteiger partial charge in [-0.25, -0.2) is 0 Å². The van der Waals surface area contributed by atoms with Crippen molar-refractivity contribution in [3.8, 4) is 0 Å². The van der Waals surface area contributed by atoms with Crippen LogP contribution in [0, 0.1) is 11.8 Å². The van der Waals surface area contributed by atoms with Gasteiger partial charge in [-0.2, -0.15) is 0 Å². The first-order valence-electron chi connectivity index (χ1n) is 7.03. The molecule has 18 heavy (non-hydrogen) atoms. The van der Waals surface area contributed by atoms with Crippen molar-refractivity contribution in [2.24, 2.45) is 11.8 Å². The van der Waals surface area contributed by atoms with Gasteiger partial charge in [0.2, 0.25) is 0 Å². The number of rotatable bonds is 7. The minimum absolute atomic E-state index is 0.200. The maximum Gasteiger partial charge on any atom is 0.303 e. The van der Waals surface area contributed by atoms with Crippen molar-refractivity contribution in [2.75, 3.05) is 0 Å². The fourth-order valence-electron chi connectivity index (χ4n) is 2.37. The lowest BCUT2D eigenvalue weighted by atomic mass is 9.95. The van der Waals surface area contributed by atoms with E-state index in [1.807, 2.05) is 6.08 Å². The maximum atomic E-state index is 10.4. The van der Waals surface area contributed by atoms with E-state index in [2.05, 4.69) is 30.9 Å². The van der Waals surface area contributed by atoms with Gasteiger partial charge in [-0.1, -0.05) is 31.9 Å². The van der Waals surface area contributed by atoms with Crippen molar-refractivity contribution < 1.29 is 9.90 Å². The predicted molar refractivity (Wildman–Crippen MR) is 74.4 cm³/mol. The van der Waals surface area contributed by atoms with Crippen molar-refractivity contribution in [3.63, 3.8) is 0 Å². The number of carbonyl (C=O) groups is 1. The van der Waals surface area contributed by atoms with E-state index in [1.165, 1.54) is 32.1 Å². The van der Waals surface area contributed by atoms with Crippen molar-refractivity contribution in [3.05, 3.63) is 30.0 Å². The Bertz CT molecular complexity index is 335. The zero-order valence-corrected chi connectivity index (χ0v) is 11.3. The quantitative estimate of drug-likeness (QED) is 0.537. The van der Waals surface area contributed by atoms with Gasteiger partial charge in [-0.15, -0.1) is 5.73 Å². The molecule has 0 radical (unpaired) electrons. The first kappa shape index (κ1) is 14.8. The number of unbranched alkanes of at least 4 members (excludes halogenated alkanes) is 1. The summed E-state index contributed by atoms with van der Waals surface area (Å²) < 4.78 is 0. The van der Waals surface area contributed by atoms with E-state index in [1.54, 1.807) is 0 Å². The Morgan fingerprint density at radius 1 is 1.33 bits per heavy atom. The summed E-state index contributed by atoms with van der Waals surface area (Å²) >= 11 is 0. The Hall–Kier alpha value is -1.27. The molecule has 100 valence electrons. The molecule has 0 heterocycles. The third-order valence-electron chi connectivity index (χ3n) is 3.39. The average Bonchev–Trinajstić information content (AvgIpc) is 2.76. The summed E-state index contributed by atoms with van der Waals surface area (Å²) in [7, 11) is 0. The molecule has 0 aromatic carbocycles. The summed E-state index contributed by atoms with van der Waals surface area (Å²) in [5.41, 5.74) is 3.16. The van der Waals surface area contributed by atoms with Crippen LogP contribution in [0.25, 0.3) is 0 Å². The molecule has 1 rings (SSSR count). The smallest absolute Gasteiger partial charge is 0.303 e. The fourth-order valence-corrected chi connectivity index (χ4v) is 2.37. The van der Waals surface area contributed by atoms with Crippen LogP contribution >= 0.6 is 0 Å². The number of hydrogen-bond acceptors (Lipinski definition) is 1. The van der Waals surface area contributed by atoms with Gasteiger partial charge in [0.15, 0.2) is 0 Å². The van der Waals surface area contributed by atoms with E-state index in [9.17, 15) is 4.79 Å². The van der Waals surface area contributed by atoms with Crippen LogP contribution in [-0.4, -0.2) is 11.1 Å². The van der Waals surface area contributed by atoms with Crippen LogP contribution in [0.15, 0.2) is 30.0 Å². The number of hydrogen-bond donors (Lipinski definition) is 1. The minimum atomic E-state index is -0.741. The third kappa shape index (κ3) is 5.88. The van der Waals surface area contributed by atoms with Crippen LogP contribution in [0.1, 0.15) is 51.9 Å². The molecule has 0 unspecified atom stereocenters. The van der Waals surface area contributed by atoms with Gasteiger partial charge in [0, 0.05) is 6.42 Å². The first-order chi connectivity index (χ1) is 8.74. The molecule has 1 N–H and O–H groups in total. The molecule has 0 aromatic rings. The van der Waals surface area contributed by atoms with Crippen LogP contribution < -0.4 is 0 Å². The van der Waals surface area contributed by atoms with E-state index in [-0.39, 0.29) is 6.42 Å². The second-order valence-corrected chi connectivity index (χ2v) is 4.95. The molecule has 0 amide bonds. The molecule has 2 atom stereocenters. The SMILES string of the molecule is CCCC=C[C@H]1CCC[C@@H]1C=C=CCCC(=O)O. The molecule has 2 heteroatoms. The second kappa shape index (κ2) is 8.77. The first-order valence-corrected chi connectivity index (χ1v) is 7.03. The Morgan fingerprint density at radius 3 is 2.83 bits per heavy atom. The van der Waals surface area contributed by atoms with E-state index >= 15 is 0 Å². The Kier molecular flexibility index (Phi) is 7.20. The van der Waals surface area contributed by atoms with Gasteiger partial charge in [0.1, 0.15) is 0 Å². The fraction of sp³-hybridized carbons (Fsp3) is 0.625. The molecular weight excluding hydrogens is 224 g/mol. The molecule has 1 aliphatic carbocycles. The summed E-state index contributed by atoms with van der Waals surface area (Å²) in [4.78, 5) is 10.4. The second-order valence-electron chi connectivity index (χ2n) is 4.95. The molecule has 0 aromatic heterocycles. The third-order valence-corrected chi connectivity index (χ3v) is 3.39. The standard InChI is InChI=1S/C16H24O2/c1-2-3-5-9-14-11-8-12-15(14)10-6-4-7-13-16(17)18/h4-5,9-10,14-15H,2-3,7-8,11-13H2,1H3,(H,17,18)/t6?,14-,15-/m0/s1. The summed E-state index contributed by atoms with van der Waals surface area (Å²) in [6, 6.07) is 0. The van der Waals surface area contributed by atoms with Gasteiger partial charge in [0.05, 0.1) is 0 Å². The molecular formula is C16H24O2. The maximum absolute atomic E-state index is 10.4. The molecule has 0 bridgehead atoms. The highest BCUT2D eigenvalue weighted by atomic mass is 16.4. The largest absolute Gasteiger partial charge is 0.481 e. The van der Waals surface area contributed by atoms with Gasteiger partial charge < -0.3 is 5.11 Å². The van der Waals surface area contributed by atoms with E-state index in [0.717, 1.165) is 0 Å². The summed E-state index contributed by atoms with van der Waals surface area (Å²) in [6.07, 6.45) is 15.6. The lowest BCUT2D eigenvalue weighted by molar-refractivity contribution is -0.136. The zero-order valence-electron chi connectivity index (χ0n) is 11.3. The Morgan fingerprint density at radius 2 is 2.11 bits per heavy atom. The van der Waals surface area contributed by atoms with Crippen molar-refractivity contribution in [1.82, 2.24) is 0 Å². The van der Waals surface area contributed by atoms with E-state index < -0.39 is 5.97 Å². The van der Waals surface area contributed by atoms with Gasteiger partial charge in [-0.3, -0.25) is 4.79 Å². The summed E-state index contributed by atoms with van der Waals surface area (Å²) in [6.45, 7) is 2.20. The minimum Gasteiger partial charge on any atom is -0.481 e. The molecule has 1 saturated carbocycles. The van der Waals surface area contributed by atoms with Crippen molar-refractivity contribution >= 4 is 5.97 Å². The van der Waals surface area contributed by atoms with Crippen molar-refractivity contribution in [2.45, 2.75) is 51.9 Å². The molecule has 1 fully saturated rings. The monoisotopic (exact) mass is 248 g/mol. The van der Waals surface area contributed by atoms with Crippen LogP contribution in [0.3, 0.4) is 0 Å². The molecule has 0 saturated heterocycles. The van der Waals surface area contributed by atoms with Crippen LogP contribution in [0.4, 0.5) is 0 Å². The zero-order chi connectivity index (χ0) is 13.2. The lowest BCUT2D eigenvalue weighted by Crippen LogP contribution is -2.00. The summed E-state index contributed by atoms with van der Waals surface area (Å²) in [5, 5.41) is 8.52. The summed E-state index contributed by atoms with van der Waals surface area (Å²) in [5.74, 6) is 0.519. The highest BCUT2D eigenvalue weighted by Gasteiger charge is 2.22. The number of carboxylic acids is 1. The van der Waals surface area contributed by atoms with E-state index in [0.29, 0.717) is 18.3 Å². The Labute approximate surface area is 110 Å². The van der Waals surface area contributed by atoms with Gasteiger partial charge in [-0.05, 0) is 49.7 Å². The topological polar surface area (TPSA) is 37.3 Å². The lowest BCUT2D eigenvalue weighted by Gasteiger charge is -2.09. The molecule has 2 nitrogen and oxygen atoms in total.